The van der Waals surface area contributed by atoms with Gasteiger partial charge in [0, 0.05) is 5.56 Å². The Labute approximate surface area is 73.0 Å². The van der Waals surface area contributed by atoms with Crippen LogP contribution in [0.25, 0.3) is 0 Å². The maximum atomic E-state index is 12.0. The number of aliphatic hydroxyl groups excluding tert-OH is 1. The highest BCUT2D eigenvalue weighted by Crippen LogP contribution is 2.34. The smallest absolute Gasteiger partial charge is 0.418 e. The fourth-order valence-corrected chi connectivity index (χ4v) is 1.10. The zero-order valence-electron chi connectivity index (χ0n) is 7.14. The molecule has 0 aliphatic heterocycles. The Kier molecular flexibility index (Phi) is 2.38. The van der Waals surface area contributed by atoms with E-state index in [2.05, 4.69) is 0 Å². The van der Waals surface area contributed by atoms with Gasteiger partial charge < -0.3 is 9.52 Å². The van der Waals surface area contributed by atoms with Crippen molar-refractivity contribution in [3.8, 4) is 0 Å². The van der Waals surface area contributed by atoms with E-state index in [4.69, 9.17) is 9.52 Å². The quantitative estimate of drug-likeness (QED) is 0.745. The fraction of sp³-hybridized carbons (Fsp3) is 0.500. The van der Waals surface area contributed by atoms with Gasteiger partial charge in [0.2, 0.25) is 0 Å². The van der Waals surface area contributed by atoms with Crippen LogP contribution < -0.4 is 0 Å². The molecule has 1 N–H and O–H groups in total. The Balaban J connectivity index is 3.01. The Morgan fingerprint density at radius 1 is 1.38 bits per heavy atom. The van der Waals surface area contributed by atoms with Gasteiger partial charge in [0.15, 0.2) is 6.10 Å². The van der Waals surface area contributed by atoms with Crippen molar-refractivity contribution in [3.05, 3.63) is 23.2 Å². The molecule has 13 heavy (non-hydrogen) atoms. The molecule has 1 atom stereocenters. The summed E-state index contributed by atoms with van der Waals surface area (Å²) in [6, 6.07) is 1.19. The van der Waals surface area contributed by atoms with Crippen molar-refractivity contribution in [2.45, 2.75) is 26.1 Å². The Morgan fingerprint density at radius 3 is 2.23 bits per heavy atom. The molecular weight excluding hydrogens is 185 g/mol. The molecule has 2 nitrogen and oxygen atoms in total. The average Bonchev–Trinajstić information content (AvgIpc) is 2.26. The van der Waals surface area contributed by atoms with Crippen LogP contribution in [0.2, 0.25) is 0 Å². The molecule has 0 aromatic carbocycles. The summed E-state index contributed by atoms with van der Waals surface area (Å²) in [6.45, 7) is 2.91. The first-order valence-electron chi connectivity index (χ1n) is 3.64. The van der Waals surface area contributed by atoms with Crippen LogP contribution in [-0.4, -0.2) is 11.3 Å². The van der Waals surface area contributed by atoms with Crippen LogP contribution in [0.5, 0.6) is 0 Å². The van der Waals surface area contributed by atoms with Gasteiger partial charge in [0.25, 0.3) is 0 Å². The second kappa shape index (κ2) is 3.06. The van der Waals surface area contributed by atoms with Crippen molar-refractivity contribution >= 4 is 0 Å². The molecule has 0 aliphatic carbocycles. The molecule has 0 saturated heterocycles. The van der Waals surface area contributed by atoms with E-state index in [1.165, 1.54) is 19.9 Å². The number of alkyl halides is 3. The topological polar surface area (TPSA) is 33.4 Å². The number of aryl methyl sites for hydroxylation is 2. The fourth-order valence-electron chi connectivity index (χ4n) is 1.10. The van der Waals surface area contributed by atoms with Crippen LogP contribution in [0.15, 0.2) is 10.5 Å². The molecule has 0 radical (unpaired) electrons. The van der Waals surface area contributed by atoms with Crippen molar-refractivity contribution in [1.29, 1.82) is 0 Å². The van der Waals surface area contributed by atoms with E-state index in [9.17, 15) is 13.2 Å². The molecule has 1 heterocycles. The summed E-state index contributed by atoms with van der Waals surface area (Å²) >= 11 is 0. The molecular formula is C8H9F3O2. The number of hydrogen-bond acceptors (Lipinski definition) is 2. The van der Waals surface area contributed by atoms with Crippen LogP contribution in [0, 0.1) is 13.8 Å². The van der Waals surface area contributed by atoms with Crippen molar-refractivity contribution in [1.82, 2.24) is 0 Å². The first kappa shape index (κ1) is 10.1. The standard InChI is InChI=1S/C8H9F3O2/c1-4-3-6(5(2)13-4)7(12)8(9,10)11/h3,7,12H,1-2H3/t7-/m0/s1. The van der Waals surface area contributed by atoms with Gasteiger partial charge in [-0.2, -0.15) is 13.2 Å². The van der Waals surface area contributed by atoms with Crippen LogP contribution in [-0.2, 0) is 0 Å². The number of halogens is 3. The van der Waals surface area contributed by atoms with E-state index < -0.39 is 12.3 Å². The van der Waals surface area contributed by atoms with E-state index in [0.717, 1.165) is 0 Å². The summed E-state index contributed by atoms with van der Waals surface area (Å²) in [6.07, 6.45) is -7.09. The van der Waals surface area contributed by atoms with Crippen LogP contribution in [0.3, 0.4) is 0 Å². The van der Waals surface area contributed by atoms with Crippen molar-refractivity contribution in [3.63, 3.8) is 0 Å². The van der Waals surface area contributed by atoms with Crippen molar-refractivity contribution in [2.24, 2.45) is 0 Å². The minimum Gasteiger partial charge on any atom is -0.466 e. The SMILES string of the molecule is Cc1cc([C@H](O)C(F)(F)F)c(C)o1. The lowest BCUT2D eigenvalue weighted by Crippen LogP contribution is -2.20. The molecule has 1 rings (SSSR count). The summed E-state index contributed by atoms with van der Waals surface area (Å²) < 4.78 is 41.0. The van der Waals surface area contributed by atoms with E-state index in [1.807, 2.05) is 0 Å². The molecule has 0 saturated carbocycles. The Hall–Kier alpha value is -0.970. The Morgan fingerprint density at radius 2 is 1.92 bits per heavy atom. The van der Waals surface area contributed by atoms with Gasteiger partial charge >= 0.3 is 6.18 Å². The molecule has 1 aromatic heterocycles. The van der Waals surface area contributed by atoms with Gasteiger partial charge in [-0.3, -0.25) is 0 Å². The second-order valence-corrected chi connectivity index (χ2v) is 2.81. The predicted octanol–water partition coefficient (Wildman–Crippen LogP) is 2.49. The molecule has 0 aliphatic rings. The van der Waals surface area contributed by atoms with Gasteiger partial charge in [-0.25, -0.2) is 0 Å². The largest absolute Gasteiger partial charge is 0.466 e. The van der Waals surface area contributed by atoms with Gasteiger partial charge in [-0.1, -0.05) is 0 Å². The van der Waals surface area contributed by atoms with Gasteiger partial charge in [0.1, 0.15) is 11.5 Å². The number of rotatable bonds is 1. The maximum absolute atomic E-state index is 12.0. The van der Waals surface area contributed by atoms with E-state index in [1.54, 1.807) is 0 Å². The number of furan rings is 1. The molecule has 0 bridgehead atoms. The van der Waals surface area contributed by atoms with E-state index >= 15 is 0 Å². The molecule has 0 fully saturated rings. The molecule has 0 unspecified atom stereocenters. The van der Waals surface area contributed by atoms with Crippen LogP contribution in [0.4, 0.5) is 13.2 Å². The third-order valence-electron chi connectivity index (χ3n) is 1.68. The van der Waals surface area contributed by atoms with E-state index in [-0.39, 0.29) is 11.3 Å². The molecule has 1 aromatic rings. The highest BCUT2D eigenvalue weighted by atomic mass is 19.4. The summed E-state index contributed by atoms with van der Waals surface area (Å²) in [5, 5.41) is 8.87. The molecule has 5 heteroatoms. The summed E-state index contributed by atoms with van der Waals surface area (Å²) in [5.41, 5.74) is -0.218. The van der Waals surface area contributed by atoms with Gasteiger partial charge in [-0.05, 0) is 19.9 Å². The Bertz CT molecular complexity index is 301. The van der Waals surface area contributed by atoms with Gasteiger partial charge in [0.05, 0.1) is 0 Å². The number of aliphatic hydroxyl groups is 1. The molecule has 0 spiro atoms. The van der Waals surface area contributed by atoms with Gasteiger partial charge in [-0.15, -0.1) is 0 Å². The third-order valence-corrected chi connectivity index (χ3v) is 1.68. The lowest BCUT2D eigenvalue weighted by atomic mass is 10.1. The minimum absolute atomic E-state index is 0.0994. The normalized spacial score (nSPS) is 14.6. The first-order chi connectivity index (χ1) is 5.82. The summed E-state index contributed by atoms with van der Waals surface area (Å²) in [4.78, 5) is 0. The van der Waals surface area contributed by atoms with E-state index in [0.29, 0.717) is 5.76 Å². The monoisotopic (exact) mass is 194 g/mol. The summed E-state index contributed by atoms with van der Waals surface area (Å²) in [7, 11) is 0. The lowest BCUT2D eigenvalue weighted by molar-refractivity contribution is -0.207. The maximum Gasteiger partial charge on any atom is 0.418 e. The first-order valence-corrected chi connectivity index (χ1v) is 3.64. The lowest BCUT2D eigenvalue weighted by Gasteiger charge is -2.12. The van der Waals surface area contributed by atoms with Crippen molar-refractivity contribution in [2.75, 3.05) is 0 Å². The third kappa shape index (κ3) is 2.03. The van der Waals surface area contributed by atoms with Crippen LogP contribution in [0.1, 0.15) is 23.2 Å². The highest BCUT2D eigenvalue weighted by molar-refractivity contribution is 5.23. The average molecular weight is 194 g/mol. The summed E-state index contributed by atoms with van der Waals surface area (Å²) in [5.74, 6) is 0.457. The molecule has 0 amide bonds. The van der Waals surface area contributed by atoms with Crippen molar-refractivity contribution < 1.29 is 22.7 Å². The van der Waals surface area contributed by atoms with Crippen LogP contribution >= 0.6 is 0 Å². The number of hydrogen-bond donors (Lipinski definition) is 1. The zero-order valence-corrected chi connectivity index (χ0v) is 7.14. The molecule has 74 valence electrons. The zero-order chi connectivity index (χ0) is 10.2. The highest BCUT2D eigenvalue weighted by Gasteiger charge is 2.41. The second-order valence-electron chi connectivity index (χ2n) is 2.81. The predicted molar refractivity (Wildman–Crippen MR) is 39.2 cm³/mol. The minimum atomic E-state index is -4.64.